The number of aromatic nitrogens is 2. The summed E-state index contributed by atoms with van der Waals surface area (Å²) in [5, 5.41) is 6.79. The maximum Gasteiger partial charge on any atom is 0.152 e. The lowest BCUT2D eigenvalue weighted by Gasteiger charge is -1.92. The van der Waals surface area contributed by atoms with Crippen molar-refractivity contribution in [3.63, 3.8) is 0 Å². The van der Waals surface area contributed by atoms with Crippen molar-refractivity contribution in [3.8, 4) is 0 Å². The molecule has 0 aromatic carbocycles. The van der Waals surface area contributed by atoms with Gasteiger partial charge in [0.1, 0.15) is 0 Å². The summed E-state index contributed by atoms with van der Waals surface area (Å²) in [5.41, 5.74) is 7.73. The second kappa shape index (κ2) is 3.23. The van der Waals surface area contributed by atoms with Gasteiger partial charge >= 0.3 is 0 Å². The van der Waals surface area contributed by atoms with Crippen molar-refractivity contribution in [2.24, 2.45) is 0 Å². The molecule has 0 aliphatic rings. The first-order valence-electron chi connectivity index (χ1n) is 3.75. The predicted octanol–water partition coefficient (Wildman–Crippen LogP) is 1.59. The van der Waals surface area contributed by atoms with Gasteiger partial charge in [-0.3, -0.25) is 5.10 Å². The molecule has 0 fully saturated rings. The Bertz CT molecular complexity index is 260. The standard InChI is InChI=1S/C8H13N3/c1-3-5-6-7(4-2)10-11-8(6)9/h3,5H,4H2,1-2H3,(H3,9,10,11)/b5-3-. The Hall–Kier alpha value is -1.25. The molecule has 3 N–H and O–H groups in total. The number of hydrogen-bond donors (Lipinski definition) is 2. The topological polar surface area (TPSA) is 54.7 Å². The number of nitrogens with one attached hydrogen (secondary N) is 1. The predicted molar refractivity (Wildman–Crippen MR) is 47.1 cm³/mol. The molecule has 3 nitrogen and oxygen atoms in total. The van der Waals surface area contributed by atoms with E-state index in [9.17, 15) is 0 Å². The van der Waals surface area contributed by atoms with Crippen molar-refractivity contribution in [2.75, 3.05) is 5.73 Å². The molecule has 60 valence electrons. The van der Waals surface area contributed by atoms with E-state index in [1.807, 2.05) is 19.1 Å². The van der Waals surface area contributed by atoms with Gasteiger partial charge in [-0.05, 0) is 13.3 Å². The van der Waals surface area contributed by atoms with E-state index in [2.05, 4.69) is 17.1 Å². The van der Waals surface area contributed by atoms with Gasteiger partial charge in [0.25, 0.3) is 0 Å². The molecular formula is C8H13N3. The minimum Gasteiger partial charge on any atom is -0.382 e. The van der Waals surface area contributed by atoms with Crippen molar-refractivity contribution in [1.29, 1.82) is 0 Å². The van der Waals surface area contributed by atoms with Crippen LogP contribution in [0.3, 0.4) is 0 Å². The van der Waals surface area contributed by atoms with Crippen LogP contribution in [-0.2, 0) is 6.42 Å². The Kier molecular flexibility index (Phi) is 2.31. The zero-order chi connectivity index (χ0) is 8.27. The van der Waals surface area contributed by atoms with Crippen LogP contribution in [0.4, 0.5) is 5.82 Å². The van der Waals surface area contributed by atoms with E-state index in [0.717, 1.165) is 17.7 Å². The highest BCUT2D eigenvalue weighted by Crippen LogP contribution is 2.15. The lowest BCUT2D eigenvalue weighted by molar-refractivity contribution is 0.975. The molecule has 0 atom stereocenters. The number of aryl methyl sites for hydroxylation is 1. The molecule has 11 heavy (non-hydrogen) atoms. The average molecular weight is 151 g/mol. The van der Waals surface area contributed by atoms with Crippen LogP contribution in [0.25, 0.3) is 6.08 Å². The summed E-state index contributed by atoms with van der Waals surface area (Å²) in [7, 11) is 0. The maximum atomic E-state index is 5.61. The zero-order valence-electron chi connectivity index (χ0n) is 6.89. The van der Waals surface area contributed by atoms with Gasteiger partial charge in [-0.15, -0.1) is 0 Å². The highest BCUT2D eigenvalue weighted by molar-refractivity contribution is 5.63. The fraction of sp³-hybridized carbons (Fsp3) is 0.375. The van der Waals surface area contributed by atoms with E-state index < -0.39 is 0 Å². The van der Waals surface area contributed by atoms with Crippen LogP contribution in [0.15, 0.2) is 6.08 Å². The van der Waals surface area contributed by atoms with Crippen LogP contribution in [0.1, 0.15) is 25.1 Å². The van der Waals surface area contributed by atoms with E-state index in [-0.39, 0.29) is 0 Å². The van der Waals surface area contributed by atoms with Gasteiger partial charge in [0.15, 0.2) is 5.82 Å². The third-order valence-corrected chi connectivity index (χ3v) is 1.60. The minimum absolute atomic E-state index is 0.583. The first kappa shape index (κ1) is 7.85. The fourth-order valence-electron chi connectivity index (χ4n) is 1.02. The van der Waals surface area contributed by atoms with Crippen molar-refractivity contribution in [1.82, 2.24) is 10.2 Å². The molecule has 0 aliphatic carbocycles. The second-order valence-electron chi connectivity index (χ2n) is 2.35. The number of H-pyrrole nitrogens is 1. The Labute approximate surface area is 66.3 Å². The Morgan fingerprint density at radius 2 is 2.36 bits per heavy atom. The molecule has 1 aromatic heterocycles. The molecule has 0 aliphatic heterocycles. The monoisotopic (exact) mass is 151 g/mol. The molecule has 0 bridgehead atoms. The van der Waals surface area contributed by atoms with E-state index in [4.69, 9.17) is 5.73 Å². The molecule has 1 aromatic rings. The summed E-state index contributed by atoms with van der Waals surface area (Å²) in [5.74, 6) is 0.583. The van der Waals surface area contributed by atoms with Gasteiger partial charge in [-0.1, -0.05) is 19.1 Å². The lowest BCUT2D eigenvalue weighted by atomic mass is 10.2. The quantitative estimate of drug-likeness (QED) is 0.674. The Morgan fingerprint density at radius 1 is 1.64 bits per heavy atom. The number of nitrogen functional groups attached to an aromatic ring is 1. The first-order valence-corrected chi connectivity index (χ1v) is 3.75. The molecule has 1 heterocycles. The molecule has 1 rings (SSSR count). The summed E-state index contributed by atoms with van der Waals surface area (Å²) >= 11 is 0. The summed E-state index contributed by atoms with van der Waals surface area (Å²) in [6.45, 7) is 4.03. The Morgan fingerprint density at radius 3 is 2.91 bits per heavy atom. The van der Waals surface area contributed by atoms with Crippen molar-refractivity contribution < 1.29 is 0 Å². The molecule has 0 radical (unpaired) electrons. The smallest absolute Gasteiger partial charge is 0.152 e. The zero-order valence-corrected chi connectivity index (χ0v) is 6.89. The molecule has 0 spiro atoms. The summed E-state index contributed by atoms with van der Waals surface area (Å²) in [6, 6.07) is 0. The highest BCUT2D eigenvalue weighted by atomic mass is 15.2. The molecule has 0 saturated carbocycles. The normalized spacial score (nSPS) is 11.1. The molecular weight excluding hydrogens is 138 g/mol. The lowest BCUT2D eigenvalue weighted by Crippen LogP contribution is -1.87. The number of anilines is 1. The molecule has 0 amide bonds. The van der Waals surface area contributed by atoms with Crippen LogP contribution >= 0.6 is 0 Å². The van der Waals surface area contributed by atoms with Crippen LogP contribution in [-0.4, -0.2) is 10.2 Å². The number of allylic oxidation sites excluding steroid dienone is 1. The second-order valence-corrected chi connectivity index (χ2v) is 2.35. The number of rotatable bonds is 2. The molecule has 3 heteroatoms. The SMILES string of the molecule is C/C=C\c1c(N)n[nH]c1CC. The largest absolute Gasteiger partial charge is 0.382 e. The van der Waals surface area contributed by atoms with Crippen molar-refractivity contribution >= 4 is 11.9 Å². The number of hydrogen-bond acceptors (Lipinski definition) is 2. The highest BCUT2D eigenvalue weighted by Gasteiger charge is 2.03. The van der Waals surface area contributed by atoms with Gasteiger partial charge in [0, 0.05) is 11.3 Å². The maximum absolute atomic E-state index is 5.61. The summed E-state index contributed by atoms with van der Waals surface area (Å²) in [6.07, 6.45) is 4.86. The number of nitrogens with two attached hydrogens (primary N) is 1. The third kappa shape index (κ3) is 1.42. The van der Waals surface area contributed by atoms with E-state index in [1.165, 1.54) is 0 Å². The Balaban J connectivity index is 3.07. The van der Waals surface area contributed by atoms with E-state index in [0.29, 0.717) is 5.82 Å². The fourth-order valence-corrected chi connectivity index (χ4v) is 1.02. The summed E-state index contributed by atoms with van der Waals surface area (Å²) < 4.78 is 0. The number of aromatic amines is 1. The van der Waals surface area contributed by atoms with E-state index in [1.54, 1.807) is 0 Å². The van der Waals surface area contributed by atoms with Gasteiger partial charge < -0.3 is 5.73 Å². The van der Waals surface area contributed by atoms with Gasteiger partial charge in [0.2, 0.25) is 0 Å². The van der Waals surface area contributed by atoms with Crippen LogP contribution in [0.5, 0.6) is 0 Å². The van der Waals surface area contributed by atoms with Crippen LogP contribution < -0.4 is 5.73 Å². The van der Waals surface area contributed by atoms with Gasteiger partial charge in [-0.25, -0.2) is 0 Å². The van der Waals surface area contributed by atoms with Crippen molar-refractivity contribution in [2.45, 2.75) is 20.3 Å². The summed E-state index contributed by atoms with van der Waals surface area (Å²) in [4.78, 5) is 0. The van der Waals surface area contributed by atoms with Crippen LogP contribution in [0.2, 0.25) is 0 Å². The molecule has 0 saturated heterocycles. The first-order chi connectivity index (χ1) is 5.29. The van der Waals surface area contributed by atoms with Crippen LogP contribution in [0, 0.1) is 0 Å². The minimum atomic E-state index is 0.583. The van der Waals surface area contributed by atoms with Gasteiger partial charge in [0.05, 0.1) is 0 Å². The molecule has 0 unspecified atom stereocenters. The average Bonchev–Trinajstić information content (AvgIpc) is 2.34. The third-order valence-electron chi connectivity index (χ3n) is 1.60. The van der Waals surface area contributed by atoms with Gasteiger partial charge in [-0.2, -0.15) is 5.10 Å². The van der Waals surface area contributed by atoms with E-state index >= 15 is 0 Å². The number of nitrogens with zero attached hydrogens (tertiary/aromatic N) is 1. The van der Waals surface area contributed by atoms with Crippen molar-refractivity contribution in [3.05, 3.63) is 17.3 Å².